The van der Waals surface area contributed by atoms with Gasteiger partial charge in [0, 0.05) is 19.1 Å². The molecular formula is C19H27FN2O5S. The third kappa shape index (κ3) is 5.08. The molecule has 1 saturated carbocycles. The van der Waals surface area contributed by atoms with E-state index in [1.165, 1.54) is 11.2 Å². The highest BCUT2D eigenvalue weighted by atomic mass is 32.2. The normalized spacial score (nSPS) is 16.2. The number of hydrogen-bond acceptors (Lipinski definition) is 5. The smallest absolute Gasteiger partial charge is 0.341 e. The summed E-state index contributed by atoms with van der Waals surface area (Å²) in [4.78, 5) is 24.3. The minimum atomic E-state index is -3.85. The van der Waals surface area contributed by atoms with Crippen molar-refractivity contribution in [3.05, 3.63) is 29.6 Å². The van der Waals surface area contributed by atoms with E-state index in [1.54, 1.807) is 13.8 Å². The molecule has 1 fully saturated rings. The van der Waals surface area contributed by atoms with E-state index >= 15 is 0 Å². The summed E-state index contributed by atoms with van der Waals surface area (Å²) in [6.07, 6.45) is 2.73. The van der Waals surface area contributed by atoms with Gasteiger partial charge in [-0.2, -0.15) is 4.31 Å². The van der Waals surface area contributed by atoms with Gasteiger partial charge < -0.3 is 10.1 Å². The number of carbonyl (C=O) groups excluding carboxylic acids is 2. The zero-order valence-corrected chi connectivity index (χ0v) is 17.2. The van der Waals surface area contributed by atoms with Gasteiger partial charge in [-0.15, -0.1) is 0 Å². The number of benzene rings is 1. The van der Waals surface area contributed by atoms with Gasteiger partial charge in [-0.3, -0.25) is 4.79 Å². The lowest BCUT2D eigenvalue weighted by atomic mass is 10.2. The monoisotopic (exact) mass is 414 g/mol. The Balaban J connectivity index is 2.15. The molecule has 0 aromatic heterocycles. The van der Waals surface area contributed by atoms with Crippen molar-refractivity contribution in [3.63, 3.8) is 0 Å². The van der Waals surface area contributed by atoms with Gasteiger partial charge in [0.05, 0.1) is 10.5 Å². The summed E-state index contributed by atoms with van der Waals surface area (Å²) in [6, 6.07) is 3.03. The van der Waals surface area contributed by atoms with Gasteiger partial charge in [0.2, 0.25) is 10.0 Å². The minimum Gasteiger partial charge on any atom is -0.449 e. The van der Waals surface area contributed by atoms with Crippen LogP contribution >= 0.6 is 0 Å². The fourth-order valence-electron chi connectivity index (χ4n) is 3.20. The molecule has 9 heteroatoms. The summed E-state index contributed by atoms with van der Waals surface area (Å²) in [6.45, 7) is 5.26. The number of ether oxygens (including phenoxy) is 1. The van der Waals surface area contributed by atoms with Crippen molar-refractivity contribution in [2.24, 2.45) is 0 Å². The first-order chi connectivity index (χ1) is 13.2. The van der Waals surface area contributed by atoms with Crippen molar-refractivity contribution >= 4 is 21.9 Å². The highest BCUT2D eigenvalue weighted by Gasteiger charge is 2.27. The van der Waals surface area contributed by atoms with E-state index in [1.807, 2.05) is 0 Å². The molecule has 0 saturated heterocycles. The van der Waals surface area contributed by atoms with Crippen LogP contribution in [0.1, 0.15) is 56.8 Å². The molecule has 156 valence electrons. The SMILES string of the molecule is CCN(CC)S(=O)(=O)c1ccc(F)c(C(=O)OC(C)C(=O)NC2CCCC2)c1. The van der Waals surface area contributed by atoms with Crippen molar-refractivity contribution in [3.8, 4) is 0 Å². The molecule has 2 rings (SSSR count). The van der Waals surface area contributed by atoms with Gasteiger partial charge in [-0.05, 0) is 38.0 Å². The number of nitrogens with one attached hydrogen (secondary N) is 1. The van der Waals surface area contributed by atoms with E-state index in [9.17, 15) is 22.4 Å². The zero-order valence-electron chi connectivity index (χ0n) is 16.4. The van der Waals surface area contributed by atoms with Gasteiger partial charge in [0.25, 0.3) is 5.91 Å². The maximum absolute atomic E-state index is 14.1. The molecule has 0 aliphatic heterocycles. The molecule has 28 heavy (non-hydrogen) atoms. The Bertz CT molecular complexity index is 818. The second-order valence-electron chi connectivity index (χ2n) is 6.77. The molecule has 0 spiro atoms. The van der Waals surface area contributed by atoms with Gasteiger partial charge in [0.15, 0.2) is 6.10 Å². The predicted molar refractivity (Wildman–Crippen MR) is 102 cm³/mol. The average Bonchev–Trinajstić information content (AvgIpc) is 3.15. The Kier molecular flexibility index (Phi) is 7.54. The largest absolute Gasteiger partial charge is 0.449 e. The lowest BCUT2D eigenvalue weighted by Gasteiger charge is -2.19. The number of nitrogens with zero attached hydrogens (tertiary/aromatic N) is 1. The molecule has 1 aliphatic carbocycles. The van der Waals surface area contributed by atoms with Gasteiger partial charge >= 0.3 is 5.97 Å². The van der Waals surface area contributed by atoms with Crippen molar-refractivity contribution < 1.29 is 27.1 Å². The highest BCUT2D eigenvalue weighted by molar-refractivity contribution is 7.89. The topological polar surface area (TPSA) is 92.8 Å². The van der Waals surface area contributed by atoms with Crippen LogP contribution in [0.2, 0.25) is 0 Å². The number of sulfonamides is 1. The third-order valence-corrected chi connectivity index (χ3v) is 6.90. The van der Waals surface area contributed by atoms with Crippen molar-refractivity contribution in [2.45, 2.75) is 63.5 Å². The second kappa shape index (κ2) is 9.47. The lowest BCUT2D eigenvalue weighted by Crippen LogP contribution is -2.41. The summed E-state index contributed by atoms with van der Waals surface area (Å²) in [7, 11) is -3.85. The number of halogens is 1. The Morgan fingerprint density at radius 3 is 2.43 bits per heavy atom. The maximum atomic E-state index is 14.1. The van der Waals surface area contributed by atoms with Gasteiger partial charge in [-0.25, -0.2) is 17.6 Å². The Hall–Kier alpha value is -2.00. The lowest BCUT2D eigenvalue weighted by molar-refractivity contribution is -0.129. The summed E-state index contributed by atoms with van der Waals surface area (Å²) in [5.41, 5.74) is -0.520. The first-order valence-electron chi connectivity index (χ1n) is 9.51. The van der Waals surface area contributed by atoms with Crippen LogP contribution in [0.4, 0.5) is 4.39 Å². The fraction of sp³-hybridized carbons (Fsp3) is 0.579. The Labute approximate surface area is 165 Å². The van der Waals surface area contributed by atoms with E-state index in [0.29, 0.717) is 0 Å². The van der Waals surface area contributed by atoms with Crippen LogP contribution in [-0.4, -0.2) is 49.8 Å². The van der Waals surface area contributed by atoms with Gasteiger partial charge in [0.1, 0.15) is 5.82 Å². The predicted octanol–water partition coefficient (Wildman–Crippen LogP) is 2.46. The number of esters is 1. The Morgan fingerprint density at radius 1 is 1.25 bits per heavy atom. The van der Waals surface area contributed by atoms with Crippen molar-refractivity contribution in [2.75, 3.05) is 13.1 Å². The number of hydrogen-bond donors (Lipinski definition) is 1. The van der Waals surface area contributed by atoms with Crippen LogP contribution in [0.3, 0.4) is 0 Å². The van der Waals surface area contributed by atoms with E-state index in [0.717, 1.165) is 43.9 Å². The molecule has 1 atom stereocenters. The molecule has 1 aromatic carbocycles. The van der Waals surface area contributed by atoms with Crippen molar-refractivity contribution in [1.82, 2.24) is 9.62 Å². The summed E-state index contributed by atoms with van der Waals surface area (Å²) < 4.78 is 45.6. The Morgan fingerprint density at radius 2 is 1.86 bits per heavy atom. The standard InChI is InChI=1S/C19H27FN2O5S/c1-4-22(5-2)28(25,26)15-10-11-17(20)16(12-15)19(24)27-13(3)18(23)21-14-8-6-7-9-14/h10-14H,4-9H2,1-3H3,(H,21,23). The average molecular weight is 414 g/mol. The zero-order chi connectivity index (χ0) is 20.9. The van der Waals surface area contributed by atoms with Gasteiger partial charge in [-0.1, -0.05) is 26.7 Å². The molecule has 0 radical (unpaired) electrons. The number of rotatable bonds is 8. The fourth-order valence-corrected chi connectivity index (χ4v) is 4.68. The molecule has 1 amide bonds. The molecule has 0 heterocycles. The van der Waals surface area contributed by atoms with Crippen LogP contribution in [0.25, 0.3) is 0 Å². The molecule has 1 aromatic rings. The highest BCUT2D eigenvalue weighted by Crippen LogP contribution is 2.21. The summed E-state index contributed by atoms with van der Waals surface area (Å²) in [5, 5.41) is 2.80. The molecule has 0 bridgehead atoms. The molecule has 1 N–H and O–H groups in total. The quantitative estimate of drug-likeness (QED) is 0.660. The first kappa shape index (κ1) is 22.3. The third-order valence-electron chi connectivity index (χ3n) is 4.86. The first-order valence-corrected chi connectivity index (χ1v) is 11.0. The van der Waals surface area contributed by atoms with E-state index in [-0.39, 0.29) is 24.0 Å². The van der Waals surface area contributed by atoms with Crippen LogP contribution in [-0.2, 0) is 19.6 Å². The maximum Gasteiger partial charge on any atom is 0.341 e. The van der Waals surface area contributed by atoms with Crippen LogP contribution < -0.4 is 5.32 Å². The molecule has 1 unspecified atom stereocenters. The second-order valence-corrected chi connectivity index (χ2v) is 8.71. The molecule has 7 nitrogen and oxygen atoms in total. The van der Waals surface area contributed by atoms with Crippen LogP contribution in [0.5, 0.6) is 0 Å². The van der Waals surface area contributed by atoms with E-state index in [4.69, 9.17) is 4.74 Å². The van der Waals surface area contributed by atoms with Crippen LogP contribution in [0.15, 0.2) is 23.1 Å². The number of amides is 1. The molecular weight excluding hydrogens is 387 g/mol. The minimum absolute atomic E-state index is 0.0629. The molecule has 1 aliphatic rings. The van der Waals surface area contributed by atoms with E-state index < -0.39 is 39.4 Å². The van der Waals surface area contributed by atoms with Crippen molar-refractivity contribution in [1.29, 1.82) is 0 Å². The summed E-state index contributed by atoms with van der Waals surface area (Å²) in [5.74, 6) is -2.44. The van der Waals surface area contributed by atoms with Crippen LogP contribution in [0, 0.1) is 5.82 Å². The van der Waals surface area contributed by atoms with E-state index in [2.05, 4.69) is 5.32 Å². The summed E-state index contributed by atoms with van der Waals surface area (Å²) >= 11 is 0. The number of carbonyl (C=O) groups is 2.